The van der Waals surface area contributed by atoms with Crippen molar-refractivity contribution in [3.8, 4) is 5.75 Å². The Kier molecular flexibility index (Phi) is 3.62. The molecule has 0 fully saturated rings. The minimum absolute atomic E-state index is 0.161. The second kappa shape index (κ2) is 5.58. The molecule has 0 aliphatic carbocycles. The van der Waals surface area contributed by atoms with Gasteiger partial charge in [-0.15, -0.1) is 0 Å². The van der Waals surface area contributed by atoms with E-state index in [-0.39, 0.29) is 11.7 Å². The van der Waals surface area contributed by atoms with Crippen LogP contribution in [0.15, 0.2) is 42.5 Å². The van der Waals surface area contributed by atoms with Crippen molar-refractivity contribution >= 4 is 23.3 Å². The minimum atomic E-state index is -0.228. The van der Waals surface area contributed by atoms with Crippen LogP contribution >= 0.6 is 11.6 Å². The maximum Gasteiger partial charge on any atom is 0.255 e. The van der Waals surface area contributed by atoms with Gasteiger partial charge in [0.1, 0.15) is 12.4 Å². The third kappa shape index (κ3) is 2.76. The van der Waals surface area contributed by atoms with Crippen LogP contribution in [-0.2, 0) is 0 Å². The first kappa shape index (κ1) is 13.6. The van der Waals surface area contributed by atoms with Crippen molar-refractivity contribution in [2.24, 2.45) is 0 Å². The molecule has 0 radical (unpaired) electrons. The van der Waals surface area contributed by atoms with Crippen LogP contribution in [0.2, 0.25) is 5.02 Å². The van der Waals surface area contributed by atoms with Gasteiger partial charge >= 0.3 is 0 Å². The molecule has 21 heavy (non-hydrogen) atoms. The SMILES string of the molecule is O=C(c1ccc(Cl)cc1)c1ccc2c(c1)C(=O)NCCO2. The normalized spacial score (nSPS) is 13.7. The lowest BCUT2D eigenvalue weighted by molar-refractivity contribution is 0.0957. The summed E-state index contributed by atoms with van der Waals surface area (Å²) in [6.45, 7) is 0.872. The van der Waals surface area contributed by atoms with Crippen LogP contribution in [0, 0.1) is 0 Å². The molecule has 106 valence electrons. The van der Waals surface area contributed by atoms with E-state index in [0.717, 1.165) is 0 Å². The van der Waals surface area contributed by atoms with E-state index in [0.29, 0.717) is 40.6 Å². The molecule has 5 heteroatoms. The zero-order valence-corrected chi connectivity index (χ0v) is 11.8. The van der Waals surface area contributed by atoms with Gasteiger partial charge in [-0.3, -0.25) is 9.59 Å². The lowest BCUT2D eigenvalue weighted by Crippen LogP contribution is -2.24. The van der Waals surface area contributed by atoms with Crippen LogP contribution < -0.4 is 10.1 Å². The van der Waals surface area contributed by atoms with E-state index in [4.69, 9.17) is 16.3 Å². The van der Waals surface area contributed by atoms with Gasteiger partial charge < -0.3 is 10.1 Å². The van der Waals surface area contributed by atoms with E-state index in [9.17, 15) is 9.59 Å². The Morgan fingerprint density at radius 3 is 2.57 bits per heavy atom. The number of amides is 1. The van der Waals surface area contributed by atoms with E-state index in [1.54, 1.807) is 42.5 Å². The highest BCUT2D eigenvalue weighted by Crippen LogP contribution is 2.23. The Labute approximate surface area is 126 Å². The first-order valence-corrected chi connectivity index (χ1v) is 6.88. The fraction of sp³-hybridized carbons (Fsp3) is 0.125. The molecule has 1 aliphatic heterocycles. The number of fused-ring (bicyclic) bond motifs is 1. The molecule has 2 aromatic carbocycles. The molecule has 0 unspecified atom stereocenters. The maximum absolute atomic E-state index is 12.4. The number of nitrogens with one attached hydrogen (secondary N) is 1. The first-order chi connectivity index (χ1) is 10.1. The average molecular weight is 302 g/mol. The van der Waals surface area contributed by atoms with Gasteiger partial charge in [0.25, 0.3) is 5.91 Å². The Bertz CT molecular complexity index is 710. The Morgan fingerprint density at radius 2 is 1.81 bits per heavy atom. The number of carbonyl (C=O) groups is 2. The van der Waals surface area contributed by atoms with Gasteiger partial charge in [-0.05, 0) is 42.5 Å². The predicted molar refractivity (Wildman–Crippen MR) is 79.2 cm³/mol. The van der Waals surface area contributed by atoms with Gasteiger partial charge in [0.2, 0.25) is 0 Å². The van der Waals surface area contributed by atoms with E-state index < -0.39 is 0 Å². The van der Waals surface area contributed by atoms with Crippen LogP contribution in [-0.4, -0.2) is 24.8 Å². The van der Waals surface area contributed by atoms with E-state index in [1.807, 2.05) is 0 Å². The zero-order chi connectivity index (χ0) is 14.8. The fourth-order valence-electron chi connectivity index (χ4n) is 2.16. The van der Waals surface area contributed by atoms with Crippen LogP contribution in [0.3, 0.4) is 0 Å². The van der Waals surface area contributed by atoms with Crippen molar-refractivity contribution < 1.29 is 14.3 Å². The van der Waals surface area contributed by atoms with Crippen molar-refractivity contribution in [1.29, 1.82) is 0 Å². The summed E-state index contributed by atoms with van der Waals surface area (Å²) in [5.41, 5.74) is 1.35. The van der Waals surface area contributed by atoms with Crippen molar-refractivity contribution in [1.82, 2.24) is 5.32 Å². The maximum atomic E-state index is 12.4. The summed E-state index contributed by atoms with van der Waals surface area (Å²) in [5, 5.41) is 3.29. The number of benzene rings is 2. The van der Waals surface area contributed by atoms with Crippen LogP contribution in [0.4, 0.5) is 0 Å². The molecule has 4 nitrogen and oxygen atoms in total. The lowest BCUT2D eigenvalue weighted by atomic mass is 10.0. The molecule has 1 N–H and O–H groups in total. The summed E-state index contributed by atoms with van der Waals surface area (Å²) in [4.78, 5) is 24.4. The third-order valence-electron chi connectivity index (χ3n) is 3.24. The monoisotopic (exact) mass is 301 g/mol. The molecule has 0 atom stereocenters. The number of hydrogen-bond acceptors (Lipinski definition) is 3. The highest BCUT2D eigenvalue weighted by Gasteiger charge is 2.19. The van der Waals surface area contributed by atoms with Gasteiger partial charge in [-0.25, -0.2) is 0 Å². The fourth-order valence-corrected chi connectivity index (χ4v) is 2.29. The van der Waals surface area contributed by atoms with Crippen LogP contribution in [0.1, 0.15) is 26.3 Å². The minimum Gasteiger partial charge on any atom is -0.491 e. The van der Waals surface area contributed by atoms with Crippen molar-refractivity contribution in [2.45, 2.75) is 0 Å². The third-order valence-corrected chi connectivity index (χ3v) is 3.49. The number of halogens is 1. The van der Waals surface area contributed by atoms with Crippen molar-refractivity contribution in [3.63, 3.8) is 0 Å². The summed E-state index contributed by atoms with van der Waals surface area (Å²) >= 11 is 5.81. The first-order valence-electron chi connectivity index (χ1n) is 6.50. The lowest BCUT2D eigenvalue weighted by Gasteiger charge is -2.07. The van der Waals surface area contributed by atoms with Crippen molar-refractivity contribution in [2.75, 3.05) is 13.2 Å². The second-order valence-corrected chi connectivity index (χ2v) is 5.09. The molecule has 0 saturated heterocycles. The molecule has 3 rings (SSSR count). The highest BCUT2D eigenvalue weighted by molar-refractivity contribution is 6.30. The molecule has 0 saturated carbocycles. The summed E-state index contributed by atoms with van der Waals surface area (Å²) in [6.07, 6.45) is 0. The Morgan fingerprint density at radius 1 is 1.10 bits per heavy atom. The average Bonchev–Trinajstić information content (AvgIpc) is 2.69. The molecule has 2 aromatic rings. The molecule has 1 amide bonds. The van der Waals surface area contributed by atoms with E-state index >= 15 is 0 Å². The van der Waals surface area contributed by atoms with Gasteiger partial charge in [0.05, 0.1) is 12.1 Å². The smallest absolute Gasteiger partial charge is 0.255 e. The molecule has 0 spiro atoms. The summed E-state index contributed by atoms with van der Waals surface area (Å²) in [7, 11) is 0. The quantitative estimate of drug-likeness (QED) is 0.868. The largest absolute Gasteiger partial charge is 0.491 e. The number of ether oxygens (including phenoxy) is 1. The molecule has 1 heterocycles. The summed E-state index contributed by atoms with van der Waals surface area (Å²) < 4.78 is 5.46. The van der Waals surface area contributed by atoms with Crippen LogP contribution in [0.25, 0.3) is 0 Å². The molecular weight excluding hydrogens is 290 g/mol. The second-order valence-electron chi connectivity index (χ2n) is 4.65. The van der Waals surface area contributed by atoms with Crippen molar-refractivity contribution in [3.05, 3.63) is 64.2 Å². The Balaban J connectivity index is 1.98. The molecule has 1 aliphatic rings. The number of ketones is 1. The Hall–Kier alpha value is -2.33. The van der Waals surface area contributed by atoms with Crippen LogP contribution in [0.5, 0.6) is 5.75 Å². The van der Waals surface area contributed by atoms with E-state index in [1.165, 1.54) is 0 Å². The van der Waals surface area contributed by atoms with Gasteiger partial charge in [-0.1, -0.05) is 11.6 Å². The summed E-state index contributed by atoms with van der Waals surface area (Å²) in [6, 6.07) is 11.5. The molecule has 0 bridgehead atoms. The van der Waals surface area contributed by atoms with Gasteiger partial charge in [0.15, 0.2) is 5.78 Å². The standard InChI is InChI=1S/C16H12ClNO3/c17-12-4-1-10(2-5-12)15(19)11-3-6-14-13(9-11)16(20)18-7-8-21-14/h1-6,9H,7-8H2,(H,18,20). The highest BCUT2D eigenvalue weighted by atomic mass is 35.5. The topological polar surface area (TPSA) is 55.4 Å². The van der Waals surface area contributed by atoms with Gasteiger partial charge in [0, 0.05) is 16.1 Å². The van der Waals surface area contributed by atoms with Gasteiger partial charge in [-0.2, -0.15) is 0 Å². The zero-order valence-electron chi connectivity index (χ0n) is 11.1. The predicted octanol–water partition coefficient (Wildman–Crippen LogP) is 2.69. The number of hydrogen-bond donors (Lipinski definition) is 1. The molecule has 0 aromatic heterocycles. The molecular formula is C16H12ClNO3. The summed E-state index contributed by atoms with van der Waals surface area (Å²) in [5.74, 6) is 0.109. The number of carbonyl (C=O) groups excluding carboxylic acids is 2. The van der Waals surface area contributed by atoms with E-state index in [2.05, 4.69) is 5.32 Å². The number of rotatable bonds is 2.